The van der Waals surface area contributed by atoms with Crippen molar-refractivity contribution in [2.45, 2.75) is 52.1 Å². The fourth-order valence-electron chi connectivity index (χ4n) is 2.22. The third-order valence-electron chi connectivity index (χ3n) is 2.69. The van der Waals surface area contributed by atoms with Crippen molar-refractivity contribution >= 4 is 0 Å². The van der Waals surface area contributed by atoms with Crippen LogP contribution in [0.3, 0.4) is 0 Å². The highest BCUT2D eigenvalue weighted by Gasteiger charge is 2.22. The van der Waals surface area contributed by atoms with Crippen LogP contribution >= 0.6 is 0 Å². The fraction of sp³-hybridized carbons (Fsp3) is 1.00. The van der Waals surface area contributed by atoms with Gasteiger partial charge < -0.3 is 0 Å². The van der Waals surface area contributed by atoms with Gasteiger partial charge in [0.15, 0.2) is 0 Å². The zero-order valence-electron chi connectivity index (χ0n) is 8.12. The van der Waals surface area contributed by atoms with Crippen LogP contribution in [-0.2, 0) is 4.89 Å². The number of hydrogen-bond donors (Lipinski definition) is 1. The minimum Gasteiger partial charge on any atom is -0.252 e. The standard InChI is InChI=1S/C10H20O2/c1-8(2)6-9-4-3-5-10(7-9)12-11/h8-11H,3-7H2,1-2H3. The highest BCUT2D eigenvalue weighted by Crippen LogP contribution is 2.30. The van der Waals surface area contributed by atoms with Gasteiger partial charge >= 0.3 is 0 Å². The molecule has 0 saturated heterocycles. The Morgan fingerprint density at radius 1 is 1.42 bits per heavy atom. The highest BCUT2D eigenvalue weighted by molar-refractivity contribution is 4.73. The van der Waals surface area contributed by atoms with Crippen molar-refractivity contribution in [1.29, 1.82) is 0 Å². The molecule has 0 aromatic rings. The van der Waals surface area contributed by atoms with Crippen LogP contribution in [0.4, 0.5) is 0 Å². The first-order chi connectivity index (χ1) is 5.72. The van der Waals surface area contributed by atoms with E-state index in [1.54, 1.807) is 0 Å². The zero-order valence-corrected chi connectivity index (χ0v) is 8.12. The van der Waals surface area contributed by atoms with Gasteiger partial charge in [0.1, 0.15) is 0 Å². The molecule has 12 heavy (non-hydrogen) atoms. The molecule has 0 heterocycles. The summed E-state index contributed by atoms with van der Waals surface area (Å²) in [5, 5.41) is 8.54. The van der Waals surface area contributed by atoms with Gasteiger partial charge in [0.2, 0.25) is 0 Å². The van der Waals surface area contributed by atoms with Crippen molar-refractivity contribution in [3.8, 4) is 0 Å². The first-order valence-corrected chi connectivity index (χ1v) is 5.02. The Kier molecular flexibility index (Phi) is 4.02. The lowest BCUT2D eigenvalue weighted by Gasteiger charge is -2.27. The van der Waals surface area contributed by atoms with Crippen LogP contribution in [0.15, 0.2) is 0 Å². The molecule has 2 heteroatoms. The first kappa shape index (κ1) is 10.0. The molecule has 2 unspecified atom stereocenters. The Hall–Kier alpha value is -0.0800. The van der Waals surface area contributed by atoms with E-state index in [1.165, 1.54) is 19.3 Å². The van der Waals surface area contributed by atoms with E-state index >= 15 is 0 Å². The summed E-state index contributed by atoms with van der Waals surface area (Å²) < 4.78 is 0. The van der Waals surface area contributed by atoms with E-state index < -0.39 is 0 Å². The van der Waals surface area contributed by atoms with Gasteiger partial charge in [-0.25, -0.2) is 4.89 Å². The maximum Gasteiger partial charge on any atom is 0.0930 e. The van der Waals surface area contributed by atoms with Gasteiger partial charge in [-0.3, -0.25) is 5.26 Å². The summed E-state index contributed by atoms with van der Waals surface area (Å²) in [5.74, 6) is 1.54. The van der Waals surface area contributed by atoms with Crippen LogP contribution < -0.4 is 0 Å². The number of hydrogen-bond acceptors (Lipinski definition) is 2. The predicted octanol–water partition coefficient (Wildman–Crippen LogP) is 3.08. The normalized spacial score (nSPS) is 31.0. The maximum absolute atomic E-state index is 8.54. The molecule has 72 valence electrons. The second kappa shape index (κ2) is 4.83. The van der Waals surface area contributed by atoms with Crippen molar-refractivity contribution in [3.05, 3.63) is 0 Å². The average molecular weight is 172 g/mol. The first-order valence-electron chi connectivity index (χ1n) is 5.02. The van der Waals surface area contributed by atoms with Crippen LogP contribution in [0.25, 0.3) is 0 Å². The van der Waals surface area contributed by atoms with Crippen molar-refractivity contribution in [3.63, 3.8) is 0 Å². The molecule has 0 aromatic heterocycles. The van der Waals surface area contributed by atoms with Crippen molar-refractivity contribution in [2.75, 3.05) is 0 Å². The van der Waals surface area contributed by atoms with Gasteiger partial charge in [-0.2, -0.15) is 0 Å². The molecular formula is C10H20O2. The molecule has 0 bridgehead atoms. The van der Waals surface area contributed by atoms with E-state index in [9.17, 15) is 0 Å². The minimum atomic E-state index is 0.113. The molecule has 0 radical (unpaired) electrons. The maximum atomic E-state index is 8.54. The molecule has 0 spiro atoms. The Morgan fingerprint density at radius 2 is 2.17 bits per heavy atom. The van der Waals surface area contributed by atoms with Crippen molar-refractivity contribution < 1.29 is 10.1 Å². The fourth-order valence-corrected chi connectivity index (χ4v) is 2.22. The monoisotopic (exact) mass is 172 g/mol. The molecule has 1 rings (SSSR count). The van der Waals surface area contributed by atoms with Crippen LogP contribution in [0, 0.1) is 11.8 Å². The molecule has 1 aliphatic carbocycles. The van der Waals surface area contributed by atoms with Crippen molar-refractivity contribution in [2.24, 2.45) is 11.8 Å². The van der Waals surface area contributed by atoms with Crippen LogP contribution in [0.1, 0.15) is 46.0 Å². The van der Waals surface area contributed by atoms with Crippen LogP contribution in [0.5, 0.6) is 0 Å². The third kappa shape index (κ3) is 3.11. The lowest BCUT2D eigenvalue weighted by molar-refractivity contribution is -0.286. The molecule has 0 aliphatic heterocycles. The third-order valence-corrected chi connectivity index (χ3v) is 2.69. The van der Waals surface area contributed by atoms with E-state index in [-0.39, 0.29) is 6.10 Å². The smallest absolute Gasteiger partial charge is 0.0930 e. The lowest BCUT2D eigenvalue weighted by atomic mass is 9.82. The van der Waals surface area contributed by atoms with E-state index in [1.807, 2.05) is 0 Å². The molecule has 0 aromatic carbocycles. The summed E-state index contributed by atoms with van der Waals surface area (Å²) in [6.07, 6.45) is 6.00. The predicted molar refractivity (Wildman–Crippen MR) is 48.9 cm³/mol. The molecule has 1 aliphatic rings. The largest absolute Gasteiger partial charge is 0.252 e. The summed E-state index contributed by atoms with van der Waals surface area (Å²) in [5.41, 5.74) is 0. The Bertz CT molecular complexity index is 123. The van der Waals surface area contributed by atoms with Crippen LogP contribution in [-0.4, -0.2) is 11.4 Å². The van der Waals surface area contributed by atoms with Gasteiger partial charge in [-0.15, -0.1) is 0 Å². The minimum absolute atomic E-state index is 0.113. The summed E-state index contributed by atoms with van der Waals surface area (Å²) in [4.78, 5) is 4.40. The summed E-state index contributed by atoms with van der Waals surface area (Å²) in [6.45, 7) is 4.51. The van der Waals surface area contributed by atoms with E-state index in [2.05, 4.69) is 18.7 Å². The Labute approximate surface area is 74.9 Å². The van der Waals surface area contributed by atoms with E-state index in [4.69, 9.17) is 5.26 Å². The average Bonchev–Trinajstić information content (AvgIpc) is 2.03. The van der Waals surface area contributed by atoms with Gasteiger partial charge in [-0.05, 0) is 31.1 Å². The summed E-state index contributed by atoms with van der Waals surface area (Å²) in [6, 6.07) is 0. The Morgan fingerprint density at radius 3 is 2.75 bits per heavy atom. The molecule has 1 saturated carbocycles. The van der Waals surface area contributed by atoms with Gasteiger partial charge in [-0.1, -0.05) is 26.7 Å². The topological polar surface area (TPSA) is 29.5 Å². The second-order valence-corrected chi connectivity index (χ2v) is 4.39. The van der Waals surface area contributed by atoms with Crippen LogP contribution in [0.2, 0.25) is 0 Å². The summed E-state index contributed by atoms with van der Waals surface area (Å²) >= 11 is 0. The second-order valence-electron chi connectivity index (χ2n) is 4.39. The molecular weight excluding hydrogens is 152 g/mol. The highest BCUT2D eigenvalue weighted by atomic mass is 17.1. The molecule has 1 fully saturated rings. The van der Waals surface area contributed by atoms with Gasteiger partial charge in [0, 0.05) is 0 Å². The van der Waals surface area contributed by atoms with Gasteiger partial charge in [0.05, 0.1) is 6.10 Å². The Balaban J connectivity index is 2.25. The molecule has 0 amide bonds. The van der Waals surface area contributed by atoms with Crippen molar-refractivity contribution in [1.82, 2.24) is 0 Å². The molecule has 2 nitrogen and oxygen atoms in total. The van der Waals surface area contributed by atoms with E-state index in [0.29, 0.717) is 0 Å². The number of rotatable bonds is 3. The molecule has 2 atom stereocenters. The van der Waals surface area contributed by atoms with E-state index in [0.717, 1.165) is 24.7 Å². The summed E-state index contributed by atoms with van der Waals surface area (Å²) in [7, 11) is 0. The zero-order chi connectivity index (χ0) is 8.97. The molecule has 1 N–H and O–H groups in total. The SMILES string of the molecule is CC(C)CC1CCCC(OO)C1. The lowest BCUT2D eigenvalue weighted by Crippen LogP contribution is -2.22. The van der Waals surface area contributed by atoms with Gasteiger partial charge in [0.25, 0.3) is 0 Å². The quantitative estimate of drug-likeness (QED) is 0.523.